The monoisotopic (exact) mass is 293 g/mol. The molecule has 21 heavy (non-hydrogen) atoms. The van der Waals surface area contributed by atoms with E-state index in [2.05, 4.69) is 5.32 Å². The highest BCUT2D eigenvalue weighted by Crippen LogP contribution is 2.14. The van der Waals surface area contributed by atoms with Gasteiger partial charge in [-0.1, -0.05) is 12.1 Å². The lowest BCUT2D eigenvalue weighted by atomic mass is 10.0. The summed E-state index contributed by atoms with van der Waals surface area (Å²) in [5.74, 6) is -0.0677. The van der Waals surface area contributed by atoms with E-state index in [4.69, 9.17) is 4.74 Å². The number of rotatable bonds is 6. The fourth-order valence-electron chi connectivity index (χ4n) is 1.81. The van der Waals surface area contributed by atoms with Crippen molar-refractivity contribution in [1.82, 2.24) is 5.32 Å². The first-order valence-corrected chi connectivity index (χ1v) is 7.00. The van der Waals surface area contributed by atoms with Crippen molar-refractivity contribution in [3.8, 4) is 5.75 Å². The van der Waals surface area contributed by atoms with Crippen LogP contribution in [0.5, 0.6) is 5.75 Å². The Morgan fingerprint density at radius 3 is 2.71 bits per heavy atom. The summed E-state index contributed by atoms with van der Waals surface area (Å²) in [5.41, 5.74) is 0.404. The van der Waals surface area contributed by atoms with Gasteiger partial charge in [0, 0.05) is 12.5 Å². The lowest BCUT2D eigenvalue weighted by Crippen LogP contribution is -2.35. The molecule has 0 spiro atoms. The molecule has 0 heterocycles. The Balaban J connectivity index is 2.38. The number of nitrogens with one attached hydrogen (secondary N) is 1. The number of aromatic hydroxyl groups is 1. The van der Waals surface area contributed by atoms with Crippen molar-refractivity contribution in [3.05, 3.63) is 29.8 Å². The van der Waals surface area contributed by atoms with Crippen LogP contribution >= 0.6 is 0 Å². The Morgan fingerprint density at radius 1 is 1.43 bits per heavy atom. The van der Waals surface area contributed by atoms with Gasteiger partial charge in [0.15, 0.2) is 0 Å². The normalized spacial score (nSPS) is 12.5. The number of carbonyl (C=O) groups excluding carboxylic acids is 2. The number of alkyl carbamates (subject to hydrolysis) is 1. The van der Waals surface area contributed by atoms with Crippen molar-refractivity contribution in [1.29, 1.82) is 0 Å². The van der Waals surface area contributed by atoms with Crippen LogP contribution in [0.3, 0.4) is 0 Å². The van der Waals surface area contributed by atoms with E-state index >= 15 is 0 Å². The van der Waals surface area contributed by atoms with Crippen molar-refractivity contribution in [2.24, 2.45) is 5.92 Å². The first-order valence-electron chi connectivity index (χ1n) is 7.00. The highest BCUT2D eigenvalue weighted by molar-refractivity contribution is 5.68. The van der Waals surface area contributed by atoms with Crippen molar-refractivity contribution in [3.63, 3.8) is 0 Å². The van der Waals surface area contributed by atoms with Gasteiger partial charge in [-0.05, 0) is 51.3 Å². The van der Waals surface area contributed by atoms with E-state index in [-0.39, 0.29) is 18.2 Å². The maximum Gasteiger partial charge on any atom is 0.407 e. The standard InChI is InChI=1S/C16H23NO4/c1-16(2,3)21-15(20)17-10-13(11-18)8-7-12-5-4-6-14(19)9-12/h4-6,9,11,13,19H,7-8,10H2,1-3H3,(H,17,20). The topological polar surface area (TPSA) is 75.6 Å². The van der Waals surface area contributed by atoms with Crippen LogP contribution in [-0.4, -0.2) is 29.6 Å². The number of benzene rings is 1. The van der Waals surface area contributed by atoms with E-state index in [1.165, 1.54) is 0 Å². The Bertz CT molecular complexity index is 479. The van der Waals surface area contributed by atoms with E-state index in [0.29, 0.717) is 12.8 Å². The minimum absolute atomic E-state index is 0.210. The molecule has 0 saturated carbocycles. The van der Waals surface area contributed by atoms with Crippen molar-refractivity contribution >= 4 is 12.4 Å². The molecule has 0 radical (unpaired) electrons. The highest BCUT2D eigenvalue weighted by atomic mass is 16.6. The van der Waals surface area contributed by atoms with Crippen molar-refractivity contribution in [2.75, 3.05) is 6.54 Å². The number of ether oxygens (including phenoxy) is 1. The van der Waals surface area contributed by atoms with Gasteiger partial charge in [-0.3, -0.25) is 0 Å². The molecular formula is C16H23NO4. The average molecular weight is 293 g/mol. The van der Waals surface area contributed by atoms with Crippen molar-refractivity contribution < 1.29 is 19.4 Å². The molecule has 1 rings (SSSR count). The van der Waals surface area contributed by atoms with Gasteiger partial charge in [0.25, 0.3) is 0 Å². The second-order valence-corrected chi connectivity index (χ2v) is 5.99. The molecule has 5 heteroatoms. The molecule has 1 aromatic carbocycles. The summed E-state index contributed by atoms with van der Waals surface area (Å²) in [6, 6.07) is 6.93. The van der Waals surface area contributed by atoms with Gasteiger partial charge in [-0.25, -0.2) is 4.79 Å². The second-order valence-electron chi connectivity index (χ2n) is 5.99. The van der Waals surface area contributed by atoms with Crippen LogP contribution in [-0.2, 0) is 16.0 Å². The summed E-state index contributed by atoms with van der Waals surface area (Å²) < 4.78 is 5.11. The largest absolute Gasteiger partial charge is 0.508 e. The summed E-state index contributed by atoms with van der Waals surface area (Å²) in [5, 5.41) is 12.0. The van der Waals surface area contributed by atoms with E-state index in [9.17, 15) is 14.7 Å². The number of hydrogen-bond acceptors (Lipinski definition) is 4. The smallest absolute Gasteiger partial charge is 0.407 e. The van der Waals surface area contributed by atoms with Gasteiger partial charge >= 0.3 is 6.09 Å². The van der Waals surface area contributed by atoms with Gasteiger partial charge in [0.05, 0.1) is 0 Å². The van der Waals surface area contributed by atoms with Crippen LogP contribution in [0, 0.1) is 5.92 Å². The zero-order valence-corrected chi connectivity index (χ0v) is 12.8. The minimum Gasteiger partial charge on any atom is -0.508 e. The number of amides is 1. The summed E-state index contributed by atoms with van der Waals surface area (Å²) in [4.78, 5) is 22.6. The first kappa shape index (κ1) is 17.0. The molecule has 0 aliphatic rings. The van der Waals surface area contributed by atoms with E-state index in [0.717, 1.165) is 11.8 Å². The highest BCUT2D eigenvalue weighted by Gasteiger charge is 2.17. The Morgan fingerprint density at radius 2 is 2.14 bits per heavy atom. The third-order valence-electron chi connectivity index (χ3n) is 2.81. The molecule has 1 aromatic rings. The molecule has 0 bridgehead atoms. The third-order valence-corrected chi connectivity index (χ3v) is 2.81. The van der Waals surface area contributed by atoms with Gasteiger partial charge in [-0.15, -0.1) is 0 Å². The predicted octanol–water partition coefficient (Wildman–Crippen LogP) is 2.66. The van der Waals surface area contributed by atoms with Crippen LogP contribution in [0.2, 0.25) is 0 Å². The summed E-state index contributed by atoms with van der Waals surface area (Å²) >= 11 is 0. The van der Waals surface area contributed by atoms with Crippen LogP contribution < -0.4 is 5.32 Å². The summed E-state index contributed by atoms with van der Waals surface area (Å²) in [7, 11) is 0. The molecule has 1 unspecified atom stereocenters. The molecule has 0 aliphatic heterocycles. The minimum atomic E-state index is -0.553. The molecule has 2 N–H and O–H groups in total. The molecule has 0 saturated heterocycles. The van der Waals surface area contributed by atoms with E-state index in [1.54, 1.807) is 39.0 Å². The number of phenolic OH excluding ortho intramolecular Hbond substituents is 1. The second kappa shape index (κ2) is 7.67. The number of hydrogen-bond donors (Lipinski definition) is 2. The quantitative estimate of drug-likeness (QED) is 0.791. The Kier molecular flexibility index (Phi) is 6.21. The number of phenols is 1. The number of aryl methyl sites for hydroxylation is 1. The van der Waals surface area contributed by atoms with Crippen LogP contribution in [0.15, 0.2) is 24.3 Å². The average Bonchev–Trinajstić information content (AvgIpc) is 2.37. The van der Waals surface area contributed by atoms with Gasteiger partial charge in [-0.2, -0.15) is 0 Å². The molecule has 5 nitrogen and oxygen atoms in total. The lowest BCUT2D eigenvalue weighted by Gasteiger charge is -2.20. The SMILES string of the molecule is CC(C)(C)OC(=O)NCC(C=O)CCc1cccc(O)c1. The molecule has 0 aromatic heterocycles. The molecule has 116 valence electrons. The molecule has 1 amide bonds. The fraction of sp³-hybridized carbons (Fsp3) is 0.500. The van der Waals surface area contributed by atoms with Gasteiger partial charge in [0.1, 0.15) is 17.6 Å². The Hall–Kier alpha value is -2.04. The lowest BCUT2D eigenvalue weighted by molar-refractivity contribution is -0.111. The molecular weight excluding hydrogens is 270 g/mol. The third kappa shape index (κ3) is 7.34. The molecule has 0 fully saturated rings. The summed E-state index contributed by atoms with van der Waals surface area (Å²) in [6.45, 7) is 5.60. The van der Waals surface area contributed by atoms with Crippen LogP contribution in [0.4, 0.5) is 4.79 Å². The maximum absolute atomic E-state index is 11.5. The Labute approximate surface area is 125 Å². The van der Waals surface area contributed by atoms with Crippen molar-refractivity contribution in [2.45, 2.75) is 39.2 Å². The zero-order valence-electron chi connectivity index (χ0n) is 12.8. The van der Waals surface area contributed by atoms with Crippen LogP contribution in [0.25, 0.3) is 0 Å². The summed E-state index contributed by atoms with van der Waals surface area (Å²) in [6.07, 6.45) is 1.57. The fourth-order valence-corrected chi connectivity index (χ4v) is 1.81. The van der Waals surface area contributed by atoms with Gasteiger partial charge < -0.3 is 20.0 Å². The number of carbonyl (C=O) groups is 2. The molecule has 1 atom stereocenters. The van der Waals surface area contributed by atoms with Gasteiger partial charge in [0.2, 0.25) is 0 Å². The zero-order chi connectivity index (χ0) is 15.9. The first-order chi connectivity index (χ1) is 9.80. The molecule has 0 aliphatic carbocycles. The van der Waals surface area contributed by atoms with E-state index in [1.807, 2.05) is 6.07 Å². The van der Waals surface area contributed by atoms with Crippen LogP contribution in [0.1, 0.15) is 32.8 Å². The van der Waals surface area contributed by atoms with E-state index < -0.39 is 11.7 Å². The predicted molar refractivity (Wildman–Crippen MR) is 80.2 cm³/mol. The maximum atomic E-state index is 11.5. The number of aldehydes is 1.